The number of nitrogens with zero attached hydrogens (tertiary/aromatic N) is 1. The first-order valence-corrected chi connectivity index (χ1v) is 18.4. The normalized spacial score (nSPS) is 16.2. The summed E-state index contributed by atoms with van der Waals surface area (Å²) in [6, 6.07) is 37.4. The van der Waals surface area contributed by atoms with Crippen molar-refractivity contribution in [1.82, 2.24) is 0 Å². The Hall–Kier alpha value is -5.34. The van der Waals surface area contributed by atoms with Crippen LogP contribution in [-0.4, -0.2) is 6.71 Å². The minimum Gasteiger partial charge on any atom is -0.311 e. The Labute approximate surface area is 305 Å². The number of allylic oxidation sites excluding steroid dienone is 8. The monoisotopic (exact) mass is 659 g/mol. The van der Waals surface area contributed by atoms with Gasteiger partial charge in [0.15, 0.2) is 0 Å². The second-order valence-corrected chi connectivity index (χ2v) is 15.5. The van der Waals surface area contributed by atoms with E-state index in [1.54, 1.807) is 0 Å². The first-order chi connectivity index (χ1) is 24.7. The van der Waals surface area contributed by atoms with Crippen LogP contribution in [0.1, 0.15) is 84.0 Å². The number of fused-ring (bicyclic) bond motifs is 4. The van der Waals surface area contributed by atoms with Crippen molar-refractivity contribution in [1.29, 1.82) is 0 Å². The molecule has 0 radical (unpaired) electrons. The summed E-state index contributed by atoms with van der Waals surface area (Å²) in [6.45, 7) is 19.8. The fourth-order valence-electron chi connectivity index (χ4n) is 8.54. The van der Waals surface area contributed by atoms with Crippen molar-refractivity contribution >= 4 is 51.3 Å². The molecule has 5 aromatic rings. The molecule has 2 heteroatoms. The van der Waals surface area contributed by atoms with E-state index in [1.165, 1.54) is 83.5 Å². The molecule has 51 heavy (non-hydrogen) atoms. The van der Waals surface area contributed by atoms with Crippen molar-refractivity contribution in [3.05, 3.63) is 191 Å². The summed E-state index contributed by atoms with van der Waals surface area (Å²) in [6.07, 6.45) is 15.1. The van der Waals surface area contributed by atoms with Crippen molar-refractivity contribution in [3.8, 4) is 0 Å². The van der Waals surface area contributed by atoms with Crippen LogP contribution < -0.4 is 21.3 Å². The van der Waals surface area contributed by atoms with Crippen molar-refractivity contribution in [2.45, 2.75) is 58.8 Å². The zero-order valence-electron chi connectivity index (χ0n) is 30.6. The summed E-state index contributed by atoms with van der Waals surface area (Å²) in [5, 5.41) is 0. The van der Waals surface area contributed by atoms with Crippen molar-refractivity contribution in [3.63, 3.8) is 0 Å². The van der Waals surface area contributed by atoms with Gasteiger partial charge in [-0.2, -0.15) is 0 Å². The molecule has 2 heterocycles. The maximum absolute atomic E-state index is 4.24. The molecule has 1 nitrogen and oxygen atoms in total. The topological polar surface area (TPSA) is 3.24 Å². The van der Waals surface area contributed by atoms with Crippen LogP contribution in [0.15, 0.2) is 147 Å². The molecule has 0 amide bonds. The third-order valence-corrected chi connectivity index (χ3v) is 11.1. The van der Waals surface area contributed by atoms with Gasteiger partial charge in [-0.1, -0.05) is 160 Å². The molecule has 1 atom stereocenters. The molecule has 0 saturated heterocycles. The molecule has 0 saturated carbocycles. The average Bonchev–Trinajstić information content (AvgIpc) is 3.14. The van der Waals surface area contributed by atoms with E-state index >= 15 is 0 Å². The number of hydrogen-bond donors (Lipinski definition) is 0. The fourth-order valence-corrected chi connectivity index (χ4v) is 8.54. The smallest absolute Gasteiger partial charge is 0.247 e. The van der Waals surface area contributed by atoms with Gasteiger partial charge in [-0.3, -0.25) is 0 Å². The molecular formula is C49H46BN. The van der Waals surface area contributed by atoms with E-state index in [1.807, 2.05) is 12.2 Å². The van der Waals surface area contributed by atoms with Gasteiger partial charge < -0.3 is 4.90 Å². The van der Waals surface area contributed by atoms with Crippen LogP contribution in [0.5, 0.6) is 0 Å². The van der Waals surface area contributed by atoms with Crippen LogP contribution in [0.2, 0.25) is 0 Å². The Bertz CT molecular complexity index is 2310. The van der Waals surface area contributed by atoms with E-state index in [4.69, 9.17) is 0 Å². The Morgan fingerprint density at radius 1 is 0.765 bits per heavy atom. The molecule has 3 aliphatic rings. The van der Waals surface area contributed by atoms with Gasteiger partial charge >= 0.3 is 0 Å². The number of anilines is 3. The maximum atomic E-state index is 4.24. The SMILES string of the molecule is C=C/C=C(\C=C)c1ccccc1C1c2ccc(C(C)(C)C)cc2B2c3cc(C)ccc3N(c3ccc(C)cc3)c3cc(C4=CCCC=C4)cc1c32. The molecule has 0 bridgehead atoms. The predicted octanol–water partition coefficient (Wildman–Crippen LogP) is 10.9. The highest BCUT2D eigenvalue weighted by atomic mass is 15.1. The Balaban J connectivity index is 1.53. The summed E-state index contributed by atoms with van der Waals surface area (Å²) >= 11 is 0. The molecule has 0 fully saturated rings. The van der Waals surface area contributed by atoms with Crippen LogP contribution >= 0.6 is 0 Å². The van der Waals surface area contributed by atoms with Crippen molar-refractivity contribution < 1.29 is 0 Å². The number of benzene rings is 5. The summed E-state index contributed by atoms with van der Waals surface area (Å²) in [7, 11) is 0. The van der Waals surface area contributed by atoms with Gasteiger partial charge in [-0.25, -0.2) is 0 Å². The molecule has 1 unspecified atom stereocenters. The van der Waals surface area contributed by atoms with E-state index in [0.717, 1.165) is 18.4 Å². The lowest BCUT2D eigenvalue weighted by atomic mass is 9.30. The number of rotatable bonds is 6. The molecule has 250 valence electrons. The van der Waals surface area contributed by atoms with Crippen LogP contribution in [0.25, 0.3) is 11.1 Å². The Kier molecular flexibility index (Phi) is 8.22. The molecule has 5 aromatic carbocycles. The largest absolute Gasteiger partial charge is 0.311 e. The second-order valence-electron chi connectivity index (χ2n) is 15.5. The standard InChI is InChI=1S/C49H46BN/c1-8-15-34(9-2)39-18-13-14-19-40(39)47-41-26-23-37(49(5,6)7)31-43(41)50-44-28-33(4)22-27-45(44)51(38-24-20-32(3)21-25-38)46-30-36(29-42(47)48(46)50)35-16-11-10-12-17-35/h8-9,11,13-31,47H,1-2,10,12H2,3-7H3/b34-15+. The second kappa shape index (κ2) is 12.8. The number of aryl methyl sites for hydroxylation is 2. The van der Waals surface area contributed by atoms with E-state index in [-0.39, 0.29) is 18.0 Å². The van der Waals surface area contributed by atoms with Crippen LogP contribution in [-0.2, 0) is 5.41 Å². The highest BCUT2D eigenvalue weighted by Gasteiger charge is 2.45. The third kappa shape index (κ3) is 5.58. The Morgan fingerprint density at radius 2 is 1.55 bits per heavy atom. The molecule has 2 aliphatic heterocycles. The predicted molar refractivity (Wildman–Crippen MR) is 223 cm³/mol. The summed E-state index contributed by atoms with van der Waals surface area (Å²) in [5.41, 5.74) is 20.7. The van der Waals surface area contributed by atoms with Crippen LogP contribution in [0.3, 0.4) is 0 Å². The van der Waals surface area contributed by atoms with Crippen LogP contribution in [0, 0.1) is 13.8 Å². The van der Waals surface area contributed by atoms with E-state index in [0.29, 0.717) is 0 Å². The van der Waals surface area contributed by atoms with Gasteiger partial charge in [-0.15, -0.1) is 0 Å². The quantitative estimate of drug-likeness (QED) is 0.127. The first-order valence-electron chi connectivity index (χ1n) is 18.4. The lowest BCUT2D eigenvalue weighted by Gasteiger charge is -2.44. The minimum absolute atomic E-state index is 0.00985. The highest BCUT2D eigenvalue weighted by molar-refractivity contribution is 6.99. The van der Waals surface area contributed by atoms with Crippen molar-refractivity contribution in [2.24, 2.45) is 0 Å². The molecule has 8 rings (SSSR count). The molecule has 0 aromatic heterocycles. The fraction of sp³-hybridized carbons (Fsp3) is 0.184. The summed E-state index contributed by atoms with van der Waals surface area (Å²) in [4.78, 5) is 2.54. The molecule has 0 spiro atoms. The summed E-state index contributed by atoms with van der Waals surface area (Å²) in [5.74, 6) is 0.0164. The molecule has 1 aliphatic carbocycles. The van der Waals surface area contributed by atoms with Gasteiger partial charge in [0.25, 0.3) is 0 Å². The third-order valence-electron chi connectivity index (χ3n) is 11.1. The molecule has 0 N–H and O–H groups in total. The highest BCUT2D eigenvalue weighted by Crippen LogP contribution is 2.46. The van der Waals surface area contributed by atoms with E-state index in [9.17, 15) is 0 Å². The van der Waals surface area contributed by atoms with Gasteiger partial charge in [0, 0.05) is 23.0 Å². The van der Waals surface area contributed by atoms with Gasteiger partial charge in [0.2, 0.25) is 6.71 Å². The Morgan fingerprint density at radius 3 is 2.27 bits per heavy atom. The zero-order valence-corrected chi connectivity index (χ0v) is 30.6. The van der Waals surface area contributed by atoms with Crippen molar-refractivity contribution in [2.75, 3.05) is 4.90 Å². The zero-order chi connectivity index (χ0) is 35.4. The lowest BCUT2D eigenvalue weighted by molar-refractivity contribution is 0.590. The number of hydrogen-bond acceptors (Lipinski definition) is 1. The summed E-state index contributed by atoms with van der Waals surface area (Å²) < 4.78 is 0. The van der Waals surface area contributed by atoms with Crippen LogP contribution in [0.4, 0.5) is 17.1 Å². The van der Waals surface area contributed by atoms with E-state index in [2.05, 4.69) is 174 Å². The molecular weight excluding hydrogens is 613 g/mol. The van der Waals surface area contributed by atoms with Gasteiger partial charge in [-0.05, 0) is 112 Å². The maximum Gasteiger partial charge on any atom is 0.247 e. The minimum atomic E-state index is 0.00985. The van der Waals surface area contributed by atoms with Gasteiger partial charge in [0.1, 0.15) is 0 Å². The lowest BCUT2D eigenvalue weighted by Crippen LogP contribution is -2.62. The first kappa shape index (κ1) is 32.8. The van der Waals surface area contributed by atoms with E-state index < -0.39 is 0 Å². The average molecular weight is 660 g/mol. The van der Waals surface area contributed by atoms with Gasteiger partial charge in [0.05, 0.1) is 0 Å².